The molecule has 1 aliphatic heterocycles. The molecule has 0 aromatic carbocycles. The summed E-state index contributed by atoms with van der Waals surface area (Å²) in [6.07, 6.45) is 4.32. The lowest BCUT2D eigenvalue weighted by atomic mass is 10.0. The van der Waals surface area contributed by atoms with Crippen molar-refractivity contribution in [3.8, 4) is 0 Å². The summed E-state index contributed by atoms with van der Waals surface area (Å²) in [4.78, 5) is 11.6. The Bertz CT molecular complexity index is 172. The van der Waals surface area contributed by atoms with E-state index in [1.54, 1.807) is 0 Å². The molecule has 0 aromatic heterocycles. The average molecular weight is 199 g/mol. The third-order valence-electron chi connectivity index (χ3n) is 2.88. The molecule has 3 heteroatoms. The number of nitrogens with one attached hydrogen (secondary N) is 1. The van der Waals surface area contributed by atoms with Crippen LogP contribution in [0.3, 0.4) is 0 Å². The summed E-state index contributed by atoms with van der Waals surface area (Å²) in [6.45, 7) is 5.65. The van der Waals surface area contributed by atoms with E-state index in [4.69, 9.17) is 4.74 Å². The number of amides is 1. The van der Waals surface area contributed by atoms with Crippen LogP contribution in [0.15, 0.2) is 0 Å². The minimum atomic E-state index is 0.177. The van der Waals surface area contributed by atoms with Gasteiger partial charge in [0.05, 0.1) is 6.10 Å². The molecule has 1 N–H and O–H groups in total. The van der Waals surface area contributed by atoms with E-state index in [1.807, 2.05) is 0 Å². The van der Waals surface area contributed by atoms with Gasteiger partial charge in [0.2, 0.25) is 5.91 Å². The van der Waals surface area contributed by atoms with E-state index < -0.39 is 0 Å². The van der Waals surface area contributed by atoms with Gasteiger partial charge in [0, 0.05) is 19.1 Å². The maximum Gasteiger partial charge on any atom is 0.223 e. The summed E-state index contributed by atoms with van der Waals surface area (Å²) in [7, 11) is 0. The van der Waals surface area contributed by atoms with Crippen LogP contribution in [0.2, 0.25) is 0 Å². The van der Waals surface area contributed by atoms with Crippen LogP contribution in [0.5, 0.6) is 0 Å². The van der Waals surface area contributed by atoms with Crippen molar-refractivity contribution >= 4 is 5.91 Å². The van der Waals surface area contributed by atoms with E-state index in [1.165, 1.54) is 0 Å². The molecule has 1 heterocycles. The molecule has 1 rings (SSSR count). The predicted octanol–water partition coefficient (Wildman–Crippen LogP) is 1.72. The second-order valence-electron chi connectivity index (χ2n) is 3.89. The molecule has 1 fully saturated rings. The second-order valence-corrected chi connectivity index (χ2v) is 3.89. The van der Waals surface area contributed by atoms with Crippen LogP contribution in [0.4, 0.5) is 0 Å². The van der Waals surface area contributed by atoms with Gasteiger partial charge >= 0.3 is 0 Å². The quantitative estimate of drug-likeness (QED) is 0.732. The Labute approximate surface area is 86.2 Å². The predicted molar refractivity (Wildman–Crippen MR) is 56.1 cm³/mol. The third kappa shape index (κ3) is 3.29. The minimum absolute atomic E-state index is 0.177. The summed E-state index contributed by atoms with van der Waals surface area (Å²) in [5, 5.41) is 2.96. The smallest absolute Gasteiger partial charge is 0.223 e. The van der Waals surface area contributed by atoms with Gasteiger partial charge in [0.25, 0.3) is 0 Å². The van der Waals surface area contributed by atoms with E-state index in [9.17, 15) is 4.79 Å². The molecule has 0 saturated carbocycles. The summed E-state index contributed by atoms with van der Waals surface area (Å²) in [6, 6.07) is 0. The molecule has 1 unspecified atom stereocenters. The summed E-state index contributed by atoms with van der Waals surface area (Å²) >= 11 is 0. The van der Waals surface area contributed by atoms with Crippen molar-refractivity contribution in [3.05, 3.63) is 0 Å². The Morgan fingerprint density at radius 3 is 2.71 bits per heavy atom. The molecule has 82 valence electrons. The van der Waals surface area contributed by atoms with Crippen molar-refractivity contribution in [1.29, 1.82) is 0 Å². The average Bonchev–Trinajstić information content (AvgIpc) is 2.69. The largest absolute Gasteiger partial charge is 0.376 e. The molecule has 1 amide bonds. The van der Waals surface area contributed by atoms with E-state index in [0.29, 0.717) is 6.54 Å². The second kappa shape index (κ2) is 6.02. The normalized spacial score (nSPS) is 21.5. The van der Waals surface area contributed by atoms with Crippen LogP contribution < -0.4 is 5.32 Å². The summed E-state index contributed by atoms with van der Waals surface area (Å²) in [5.74, 6) is 0.363. The fraction of sp³-hybridized carbons (Fsp3) is 0.909. The number of carbonyl (C=O) groups excluding carboxylic acids is 1. The van der Waals surface area contributed by atoms with Gasteiger partial charge in [-0.25, -0.2) is 0 Å². The zero-order valence-corrected chi connectivity index (χ0v) is 9.21. The summed E-state index contributed by atoms with van der Waals surface area (Å²) < 4.78 is 5.44. The Morgan fingerprint density at radius 2 is 2.21 bits per heavy atom. The molecule has 0 bridgehead atoms. The SMILES string of the molecule is CCC(CC)C(=O)NCC1CCCO1. The van der Waals surface area contributed by atoms with E-state index in [2.05, 4.69) is 19.2 Å². The van der Waals surface area contributed by atoms with Crippen LogP contribution in [-0.4, -0.2) is 25.2 Å². The number of carbonyl (C=O) groups is 1. The number of ether oxygens (including phenoxy) is 1. The Kier molecular flexibility index (Phi) is 4.94. The number of hydrogen-bond donors (Lipinski definition) is 1. The molecule has 1 aliphatic rings. The Morgan fingerprint density at radius 1 is 1.50 bits per heavy atom. The van der Waals surface area contributed by atoms with Gasteiger partial charge in [0.15, 0.2) is 0 Å². The highest BCUT2D eigenvalue weighted by atomic mass is 16.5. The fourth-order valence-electron chi connectivity index (χ4n) is 1.82. The van der Waals surface area contributed by atoms with Gasteiger partial charge in [-0.1, -0.05) is 13.8 Å². The first-order chi connectivity index (χ1) is 6.77. The van der Waals surface area contributed by atoms with Crippen molar-refractivity contribution in [2.75, 3.05) is 13.2 Å². The fourth-order valence-corrected chi connectivity index (χ4v) is 1.82. The van der Waals surface area contributed by atoms with Crippen LogP contribution in [0.25, 0.3) is 0 Å². The maximum absolute atomic E-state index is 11.6. The van der Waals surface area contributed by atoms with Gasteiger partial charge in [-0.15, -0.1) is 0 Å². The van der Waals surface area contributed by atoms with Crippen LogP contribution in [-0.2, 0) is 9.53 Å². The Hall–Kier alpha value is -0.570. The lowest BCUT2D eigenvalue weighted by molar-refractivity contribution is -0.125. The minimum Gasteiger partial charge on any atom is -0.376 e. The molecule has 14 heavy (non-hydrogen) atoms. The third-order valence-corrected chi connectivity index (χ3v) is 2.88. The highest BCUT2D eigenvalue weighted by molar-refractivity contribution is 5.78. The van der Waals surface area contributed by atoms with Crippen molar-refractivity contribution in [1.82, 2.24) is 5.32 Å². The van der Waals surface area contributed by atoms with Crippen LogP contribution in [0, 0.1) is 5.92 Å². The highest BCUT2D eigenvalue weighted by Crippen LogP contribution is 2.12. The monoisotopic (exact) mass is 199 g/mol. The van der Waals surface area contributed by atoms with E-state index in [0.717, 1.165) is 32.3 Å². The molecular formula is C11H21NO2. The topological polar surface area (TPSA) is 38.3 Å². The van der Waals surface area contributed by atoms with Crippen LogP contribution in [0.1, 0.15) is 39.5 Å². The van der Waals surface area contributed by atoms with Crippen molar-refractivity contribution < 1.29 is 9.53 Å². The highest BCUT2D eigenvalue weighted by Gasteiger charge is 2.18. The Balaban J connectivity index is 2.18. The molecule has 0 aromatic rings. The molecule has 0 aliphatic carbocycles. The van der Waals surface area contributed by atoms with Crippen molar-refractivity contribution in [2.24, 2.45) is 5.92 Å². The molecule has 3 nitrogen and oxygen atoms in total. The van der Waals surface area contributed by atoms with Gasteiger partial charge in [0.1, 0.15) is 0 Å². The summed E-state index contributed by atoms with van der Waals surface area (Å²) in [5.41, 5.74) is 0. The van der Waals surface area contributed by atoms with Gasteiger partial charge in [-0.2, -0.15) is 0 Å². The molecule has 0 radical (unpaired) electrons. The van der Waals surface area contributed by atoms with Gasteiger partial charge < -0.3 is 10.1 Å². The van der Waals surface area contributed by atoms with Crippen LogP contribution >= 0.6 is 0 Å². The lowest BCUT2D eigenvalue weighted by Gasteiger charge is -2.15. The molecular weight excluding hydrogens is 178 g/mol. The molecule has 0 spiro atoms. The molecule has 1 saturated heterocycles. The van der Waals surface area contributed by atoms with Crippen molar-refractivity contribution in [2.45, 2.75) is 45.6 Å². The first-order valence-electron chi connectivity index (χ1n) is 5.67. The van der Waals surface area contributed by atoms with E-state index >= 15 is 0 Å². The van der Waals surface area contributed by atoms with E-state index in [-0.39, 0.29) is 17.9 Å². The zero-order chi connectivity index (χ0) is 10.4. The maximum atomic E-state index is 11.6. The standard InChI is InChI=1S/C11H21NO2/c1-3-9(4-2)11(13)12-8-10-6-5-7-14-10/h9-10H,3-8H2,1-2H3,(H,12,13). The number of hydrogen-bond acceptors (Lipinski definition) is 2. The lowest BCUT2D eigenvalue weighted by Crippen LogP contribution is -2.35. The number of rotatable bonds is 5. The molecule has 1 atom stereocenters. The first kappa shape index (κ1) is 11.5. The van der Waals surface area contributed by atoms with Gasteiger partial charge in [-0.05, 0) is 25.7 Å². The van der Waals surface area contributed by atoms with Crippen molar-refractivity contribution in [3.63, 3.8) is 0 Å². The first-order valence-corrected chi connectivity index (χ1v) is 5.67. The van der Waals surface area contributed by atoms with Gasteiger partial charge in [-0.3, -0.25) is 4.79 Å². The zero-order valence-electron chi connectivity index (χ0n) is 9.21.